The molecule has 17 heteroatoms. The maximum absolute atomic E-state index is 14.5. The van der Waals surface area contributed by atoms with Gasteiger partial charge in [0.2, 0.25) is 0 Å². The molecule has 3 saturated heterocycles. The Balaban J connectivity index is 1.93. The molecular formula is C35H65N6O10S+. The van der Waals surface area contributed by atoms with Crippen molar-refractivity contribution in [1.82, 2.24) is 25.2 Å². The van der Waals surface area contributed by atoms with Crippen LogP contribution in [0, 0.1) is 5.41 Å². The molecule has 0 radical (unpaired) electrons. The topological polar surface area (TPSA) is 186 Å². The lowest BCUT2D eigenvalue weighted by Crippen LogP contribution is -2.60. The minimum atomic E-state index is -4.95. The van der Waals surface area contributed by atoms with E-state index >= 15 is 0 Å². The standard InChI is InChI=1S/C35H64N6O10S/c1-7-11-22-41(23-12-8-2,24-13-9-3)28(15-10-4)25-35(5,6)30(32(43)37-18-14-19-38(21-20-37)34(45)46)50-36-31(42)29-17-16-27-26-39(29)33(44)40(27)51-52(47,48)49/h27-30H,7-26H2,1-6H3,(H2-,36,42,45,46,47,48,49)/p+1/t27-,28?,29+,30?/m1/s1. The summed E-state index contributed by atoms with van der Waals surface area (Å²) in [5.74, 6) is -0.999. The van der Waals surface area contributed by atoms with Crippen molar-refractivity contribution >= 4 is 34.3 Å². The van der Waals surface area contributed by atoms with Crippen LogP contribution in [0.2, 0.25) is 0 Å². The maximum atomic E-state index is 14.5. The third-order valence-electron chi connectivity index (χ3n) is 11.1. The van der Waals surface area contributed by atoms with E-state index in [1.54, 1.807) is 4.90 Å². The van der Waals surface area contributed by atoms with Crippen molar-refractivity contribution in [2.24, 2.45) is 5.41 Å². The van der Waals surface area contributed by atoms with Gasteiger partial charge in [0.15, 0.2) is 6.10 Å². The highest BCUT2D eigenvalue weighted by molar-refractivity contribution is 7.80. The van der Waals surface area contributed by atoms with Gasteiger partial charge in [0.05, 0.1) is 31.7 Å². The molecule has 300 valence electrons. The number of unbranched alkanes of at least 4 members (excludes halogenated alkanes) is 3. The predicted molar refractivity (Wildman–Crippen MR) is 194 cm³/mol. The van der Waals surface area contributed by atoms with Crippen LogP contribution in [0.3, 0.4) is 0 Å². The van der Waals surface area contributed by atoms with E-state index in [-0.39, 0.29) is 44.4 Å². The van der Waals surface area contributed by atoms with Crippen LogP contribution >= 0.6 is 0 Å². The summed E-state index contributed by atoms with van der Waals surface area (Å²) in [4.78, 5) is 63.3. The number of quaternary nitrogens is 1. The summed E-state index contributed by atoms with van der Waals surface area (Å²) < 4.78 is 37.4. The fourth-order valence-electron chi connectivity index (χ4n) is 8.25. The second-order valence-electron chi connectivity index (χ2n) is 15.5. The largest absolute Gasteiger partial charge is 0.465 e. The van der Waals surface area contributed by atoms with E-state index in [1.165, 1.54) is 9.80 Å². The molecule has 0 aromatic heterocycles. The second-order valence-corrected chi connectivity index (χ2v) is 16.5. The highest BCUT2D eigenvalue weighted by Crippen LogP contribution is 2.37. The molecule has 0 aliphatic carbocycles. The van der Waals surface area contributed by atoms with Crippen molar-refractivity contribution in [2.75, 3.05) is 52.4 Å². The summed E-state index contributed by atoms with van der Waals surface area (Å²) in [7, 11) is -4.95. The normalized spacial score (nSPS) is 21.2. The molecule has 2 bridgehead atoms. The zero-order valence-electron chi connectivity index (χ0n) is 32.3. The van der Waals surface area contributed by atoms with E-state index in [1.807, 2.05) is 13.8 Å². The van der Waals surface area contributed by atoms with Crippen LogP contribution in [-0.4, -0.2) is 143 Å². The number of amides is 5. The van der Waals surface area contributed by atoms with Crippen molar-refractivity contribution in [2.45, 2.75) is 143 Å². The molecule has 3 N–H and O–H groups in total. The van der Waals surface area contributed by atoms with E-state index in [9.17, 15) is 37.3 Å². The van der Waals surface area contributed by atoms with E-state index in [0.29, 0.717) is 31.0 Å². The Hall–Kier alpha value is -2.73. The molecule has 16 nitrogen and oxygen atoms in total. The number of rotatable bonds is 21. The van der Waals surface area contributed by atoms with Crippen LogP contribution in [0.1, 0.15) is 119 Å². The van der Waals surface area contributed by atoms with Crippen molar-refractivity contribution in [3.05, 3.63) is 0 Å². The van der Waals surface area contributed by atoms with Gasteiger partial charge in [-0.25, -0.2) is 15.1 Å². The molecule has 0 aromatic rings. The van der Waals surface area contributed by atoms with E-state index < -0.39 is 52.0 Å². The first kappa shape index (κ1) is 43.7. The summed E-state index contributed by atoms with van der Waals surface area (Å²) in [5.41, 5.74) is 1.74. The SMILES string of the molecule is CCCC[N+](CCCC)(CCCC)C(CCC)CC(C)(C)C(ONC(=O)[C@@H]1CC[C@@H]2CN1C(=O)N2OS(=O)(=O)O)C(=O)N1CCCN(C(=O)O)CC1. The van der Waals surface area contributed by atoms with Crippen molar-refractivity contribution in [1.29, 1.82) is 0 Å². The maximum Gasteiger partial charge on any atom is 0.418 e. The third-order valence-corrected chi connectivity index (χ3v) is 11.5. The van der Waals surface area contributed by atoms with Crippen LogP contribution in [0.4, 0.5) is 9.59 Å². The summed E-state index contributed by atoms with van der Waals surface area (Å²) in [6.07, 6.45) is 7.86. The summed E-state index contributed by atoms with van der Waals surface area (Å²) in [6.45, 7) is 17.0. The number of carbonyl (C=O) groups excluding carboxylic acids is 3. The minimum absolute atomic E-state index is 0.0140. The first-order valence-electron chi connectivity index (χ1n) is 19.4. The summed E-state index contributed by atoms with van der Waals surface area (Å²) in [5, 5.41) is 10.2. The molecule has 0 spiro atoms. The average molecular weight is 762 g/mol. The van der Waals surface area contributed by atoms with Crippen molar-refractivity contribution in [3.63, 3.8) is 0 Å². The van der Waals surface area contributed by atoms with Gasteiger partial charge in [-0.2, -0.15) is 13.5 Å². The molecule has 52 heavy (non-hydrogen) atoms. The van der Waals surface area contributed by atoms with Gasteiger partial charge in [-0.05, 0) is 44.9 Å². The quantitative estimate of drug-likeness (QED) is 0.0859. The number of urea groups is 1. The van der Waals surface area contributed by atoms with Gasteiger partial charge < -0.3 is 24.3 Å². The predicted octanol–water partition coefficient (Wildman–Crippen LogP) is 4.42. The van der Waals surface area contributed by atoms with Gasteiger partial charge in [0, 0.05) is 44.6 Å². The van der Waals surface area contributed by atoms with Gasteiger partial charge >= 0.3 is 22.5 Å². The molecule has 2 unspecified atom stereocenters. The Labute approximate surface area is 310 Å². The number of nitrogens with one attached hydrogen (secondary N) is 1. The van der Waals surface area contributed by atoms with E-state index in [4.69, 9.17) is 4.84 Å². The molecule has 0 saturated carbocycles. The lowest BCUT2D eigenvalue weighted by Gasteiger charge is -2.49. The first-order chi connectivity index (χ1) is 24.5. The van der Waals surface area contributed by atoms with E-state index in [0.717, 1.165) is 75.5 Å². The zero-order valence-corrected chi connectivity index (χ0v) is 33.1. The Bertz CT molecular complexity index is 1290. The molecule has 3 heterocycles. The third kappa shape index (κ3) is 11.4. The number of carboxylic acid groups (broad SMARTS) is 1. The number of hydroxylamine groups is 3. The highest BCUT2D eigenvalue weighted by Gasteiger charge is 2.51. The number of hydrogen-bond donors (Lipinski definition) is 3. The number of piperidine rings is 1. The Kier molecular flexibility index (Phi) is 16.4. The molecule has 0 aromatic carbocycles. The number of carbonyl (C=O) groups is 4. The second kappa shape index (κ2) is 19.6. The number of fused-ring (bicyclic) bond motifs is 2. The van der Waals surface area contributed by atoms with Crippen LogP contribution < -0.4 is 5.48 Å². The van der Waals surface area contributed by atoms with E-state index in [2.05, 4.69) is 37.5 Å². The van der Waals surface area contributed by atoms with Gasteiger partial charge in [-0.1, -0.05) is 67.2 Å². The Morgan fingerprint density at radius 1 is 0.923 bits per heavy atom. The highest BCUT2D eigenvalue weighted by atomic mass is 32.3. The van der Waals surface area contributed by atoms with Crippen molar-refractivity contribution in [3.8, 4) is 0 Å². The lowest BCUT2D eigenvalue weighted by molar-refractivity contribution is -0.953. The molecule has 3 aliphatic rings. The minimum Gasteiger partial charge on any atom is -0.465 e. The summed E-state index contributed by atoms with van der Waals surface area (Å²) >= 11 is 0. The van der Waals surface area contributed by atoms with Gasteiger partial charge in [0.25, 0.3) is 11.8 Å². The van der Waals surface area contributed by atoms with Crippen molar-refractivity contribution < 1.29 is 50.9 Å². The molecule has 3 rings (SSSR count). The number of hydrogen-bond acceptors (Lipinski definition) is 8. The number of nitrogens with zero attached hydrogens (tertiary/aromatic N) is 5. The monoisotopic (exact) mass is 761 g/mol. The lowest BCUT2D eigenvalue weighted by atomic mass is 9.77. The van der Waals surface area contributed by atoms with Crippen LogP contribution in [-0.2, 0) is 29.1 Å². The van der Waals surface area contributed by atoms with Crippen LogP contribution in [0.15, 0.2) is 0 Å². The zero-order chi connectivity index (χ0) is 38.7. The van der Waals surface area contributed by atoms with Gasteiger partial charge in [0.1, 0.15) is 6.04 Å². The Morgan fingerprint density at radius 3 is 2.04 bits per heavy atom. The molecule has 5 amide bonds. The molecular weight excluding hydrogens is 696 g/mol. The average Bonchev–Trinajstić information content (AvgIpc) is 3.24. The fourth-order valence-corrected chi connectivity index (χ4v) is 8.64. The summed E-state index contributed by atoms with van der Waals surface area (Å²) in [6, 6.07) is -2.32. The molecule has 4 atom stereocenters. The molecule has 3 fully saturated rings. The van der Waals surface area contributed by atoms with Crippen LogP contribution in [0.5, 0.6) is 0 Å². The fraction of sp³-hybridized carbons (Fsp3) is 0.886. The molecule has 3 aliphatic heterocycles. The van der Waals surface area contributed by atoms with Gasteiger partial charge in [-0.3, -0.25) is 19.0 Å². The Morgan fingerprint density at radius 2 is 1.50 bits per heavy atom. The first-order valence-corrected chi connectivity index (χ1v) is 20.7. The smallest absolute Gasteiger partial charge is 0.418 e. The van der Waals surface area contributed by atoms with Crippen LogP contribution in [0.25, 0.3) is 0 Å². The van der Waals surface area contributed by atoms with Gasteiger partial charge in [-0.15, -0.1) is 4.28 Å².